The number of carbonyl (C=O) groups is 2. The second-order valence-corrected chi connectivity index (χ2v) is 7.07. The normalized spacial score (nSPS) is 10.4. The van der Waals surface area contributed by atoms with Gasteiger partial charge in [0.15, 0.2) is 6.61 Å². The van der Waals surface area contributed by atoms with Crippen molar-refractivity contribution in [1.29, 1.82) is 5.26 Å². The van der Waals surface area contributed by atoms with Gasteiger partial charge in [-0.3, -0.25) is 14.6 Å². The molecule has 0 atom stereocenters. The zero-order valence-corrected chi connectivity index (χ0v) is 16.6. The second-order valence-electron chi connectivity index (χ2n) is 6.08. The molecule has 0 N–H and O–H groups in total. The lowest BCUT2D eigenvalue weighted by atomic mass is 10.2. The lowest BCUT2D eigenvalue weighted by molar-refractivity contribution is -0.145. The SMILES string of the molecule is N#CCCN(C(=O)COC(=O)CSc1cnc2ccccc2n1)c1ccc(F)cc1. The molecular weight excluding hydrogens is 407 g/mol. The molecule has 1 heterocycles. The van der Waals surface area contributed by atoms with Crippen molar-refractivity contribution < 1.29 is 18.7 Å². The van der Waals surface area contributed by atoms with Gasteiger partial charge >= 0.3 is 5.97 Å². The number of aromatic nitrogens is 2. The minimum atomic E-state index is -0.581. The number of anilines is 1. The van der Waals surface area contributed by atoms with Crippen LogP contribution in [0, 0.1) is 17.1 Å². The molecule has 0 saturated carbocycles. The van der Waals surface area contributed by atoms with E-state index in [4.69, 9.17) is 10.00 Å². The molecule has 0 fully saturated rings. The van der Waals surface area contributed by atoms with Gasteiger partial charge in [0, 0.05) is 12.2 Å². The van der Waals surface area contributed by atoms with E-state index in [-0.39, 0.29) is 18.7 Å². The Balaban J connectivity index is 1.54. The van der Waals surface area contributed by atoms with Crippen LogP contribution < -0.4 is 4.90 Å². The summed E-state index contributed by atoms with van der Waals surface area (Å²) in [7, 11) is 0. The van der Waals surface area contributed by atoms with Gasteiger partial charge in [-0.25, -0.2) is 9.37 Å². The van der Waals surface area contributed by atoms with Crippen molar-refractivity contribution >= 4 is 40.4 Å². The van der Waals surface area contributed by atoms with Crippen molar-refractivity contribution in [2.45, 2.75) is 11.4 Å². The number of ether oxygens (including phenoxy) is 1. The molecule has 9 heteroatoms. The van der Waals surface area contributed by atoms with Gasteiger partial charge in [0.1, 0.15) is 10.8 Å². The van der Waals surface area contributed by atoms with E-state index < -0.39 is 24.3 Å². The van der Waals surface area contributed by atoms with Crippen LogP contribution in [-0.4, -0.2) is 40.7 Å². The molecule has 30 heavy (non-hydrogen) atoms. The standard InChI is InChI=1S/C21H17FN4O3S/c22-15-6-8-16(9-7-15)26(11-3-10-23)20(27)13-29-21(28)14-30-19-12-24-17-4-1-2-5-18(17)25-19/h1-2,4-9,12H,3,11,13-14H2. The lowest BCUT2D eigenvalue weighted by Crippen LogP contribution is -2.35. The number of benzene rings is 2. The zero-order chi connectivity index (χ0) is 21.3. The topological polar surface area (TPSA) is 96.2 Å². The molecule has 0 spiro atoms. The maximum Gasteiger partial charge on any atom is 0.316 e. The summed E-state index contributed by atoms with van der Waals surface area (Å²) in [6.07, 6.45) is 1.66. The number of thioether (sulfide) groups is 1. The highest BCUT2D eigenvalue weighted by Crippen LogP contribution is 2.18. The summed E-state index contributed by atoms with van der Waals surface area (Å²) in [5.41, 5.74) is 1.90. The van der Waals surface area contributed by atoms with Crippen LogP contribution in [0.15, 0.2) is 59.8 Å². The van der Waals surface area contributed by atoms with Crippen molar-refractivity contribution in [2.24, 2.45) is 0 Å². The van der Waals surface area contributed by atoms with Crippen LogP contribution in [0.25, 0.3) is 11.0 Å². The number of hydrogen-bond donors (Lipinski definition) is 0. The summed E-state index contributed by atoms with van der Waals surface area (Å²) in [6, 6.07) is 14.6. The van der Waals surface area contributed by atoms with Crippen molar-refractivity contribution in [3.05, 3.63) is 60.5 Å². The first-order valence-corrected chi connectivity index (χ1v) is 9.98. The maximum absolute atomic E-state index is 13.1. The Kier molecular flexibility index (Phi) is 7.29. The van der Waals surface area contributed by atoms with Gasteiger partial charge in [-0.2, -0.15) is 5.26 Å². The summed E-state index contributed by atoms with van der Waals surface area (Å²) in [5.74, 6) is -1.55. The number of carbonyl (C=O) groups excluding carboxylic acids is 2. The lowest BCUT2D eigenvalue weighted by Gasteiger charge is -2.21. The van der Waals surface area contributed by atoms with E-state index >= 15 is 0 Å². The summed E-state index contributed by atoms with van der Waals surface area (Å²) in [4.78, 5) is 34.5. The van der Waals surface area contributed by atoms with Crippen LogP contribution in [-0.2, 0) is 14.3 Å². The molecule has 3 aromatic rings. The number of fused-ring (bicyclic) bond motifs is 1. The average Bonchev–Trinajstić information content (AvgIpc) is 2.77. The van der Waals surface area contributed by atoms with Gasteiger partial charge in [0.05, 0.1) is 35.5 Å². The first kappa shape index (κ1) is 21.2. The molecule has 0 aliphatic rings. The quantitative estimate of drug-likeness (QED) is 0.404. The molecular formula is C21H17FN4O3S. The van der Waals surface area contributed by atoms with Crippen LogP contribution in [0.5, 0.6) is 0 Å². The third kappa shape index (κ3) is 5.75. The molecule has 1 aromatic heterocycles. The van der Waals surface area contributed by atoms with Gasteiger partial charge in [-0.1, -0.05) is 23.9 Å². The predicted octanol–water partition coefficient (Wildman–Crippen LogP) is 3.35. The van der Waals surface area contributed by atoms with E-state index in [2.05, 4.69) is 9.97 Å². The molecule has 0 bridgehead atoms. The van der Waals surface area contributed by atoms with Crippen molar-refractivity contribution in [3.8, 4) is 6.07 Å². The van der Waals surface area contributed by atoms with Gasteiger partial charge < -0.3 is 9.64 Å². The highest BCUT2D eigenvalue weighted by molar-refractivity contribution is 7.99. The third-order valence-electron chi connectivity index (χ3n) is 4.01. The third-order valence-corrected chi connectivity index (χ3v) is 4.88. The zero-order valence-electron chi connectivity index (χ0n) is 15.8. The minimum Gasteiger partial charge on any atom is -0.455 e. The van der Waals surface area contributed by atoms with Crippen LogP contribution in [0.1, 0.15) is 6.42 Å². The summed E-state index contributed by atoms with van der Waals surface area (Å²) in [6.45, 7) is -0.370. The molecule has 0 radical (unpaired) electrons. The summed E-state index contributed by atoms with van der Waals surface area (Å²) < 4.78 is 18.2. The number of rotatable bonds is 8. The first-order chi connectivity index (χ1) is 14.6. The number of para-hydroxylation sites is 2. The van der Waals surface area contributed by atoms with Crippen LogP contribution >= 0.6 is 11.8 Å². The molecule has 7 nitrogen and oxygen atoms in total. The van der Waals surface area contributed by atoms with Crippen LogP contribution in [0.2, 0.25) is 0 Å². The smallest absolute Gasteiger partial charge is 0.316 e. The highest BCUT2D eigenvalue weighted by atomic mass is 32.2. The van der Waals surface area contributed by atoms with E-state index in [1.165, 1.54) is 29.2 Å². The maximum atomic E-state index is 13.1. The fraction of sp³-hybridized carbons (Fsp3) is 0.190. The summed E-state index contributed by atoms with van der Waals surface area (Å²) >= 11 is 1.16. The number of hydrogen-bond acceptors (Lipinski definition) is 7. The Labute approximate surface area is 176 Å². The Bertz CT molecular complexity index is 1090. The fourth-order valence-corrected chi connectivity index (χ4v) is 3.22. The molecule has 2 aromatic carbocycles. The highest BCUT2D eigenvalue weighted by Gasteiger charge is 2.18. The van der Waals surface area contributed by atoms with E-state index in [0.717, 1.165) is 22.8 Å². The van der Waals surface area contributed by atoms with Gasteiger partial charge in [0.25, 0.3) is 5.91 Å². The van der Waals surface area contributed by atoms with Crippen LogP contribution in [0.3, 0.4) is 0 Å². The van der Waals surface area contributed by atoms with E-state index in [0.29, 0.717) is 10.7 Å². The Hall–Kier alpha value is -3.51. The van der Waals surface area contributed by atoms with E-state index in [9.17, 15) is 14.0 Å². The molecule has 0 unspecified atom stereocenters. The largest absolute Gasteiger partial charge is 0.455 e. The van der Waals surface area contributed by atoms with Crippen LogP contribution in [0.4, 0.5) is 10.1 Å². The predicted molar refractivity (Wildman–Crippen MR) is 110 cm³/mol. The number of esters is 1. The van der Waals surface area contributed by atoms with Crippen molar-refractivity contribution in [2.75, 3.05) is 23.8 Å². The molecule has 3 rings (SSSR count). The molecule has 0 saturated heterocycles. The summed E-state index contributed by atoms with van der Waals surface area (Å²) in [5, 5.41) is 9.37. The molecule has 1 amide bonds. The number of nitrogens with zero attached hydrogens (tertiary/aromatic N) is 4. The second kappa shape index (κ2) is 10.3. The average molecular weight is 424 g/mol. The molecule has 0 aliphatic carbocycles. The van der Waals surface area contributed by atoms with Crippen molar-refractivity contribution in [1.82, 2.24) is 9.97 Å². The Morgan fingerprint density at radius 3 is 2.60 bits per heavy atom. The molecule has 0 aliphatic heterocycles. The van der Waals surface area contributed by atoms with Gasteiger partial charge in [0.2, 0.25) is 0 Å². The first-order valence-electron chi connectivity index (χ1n) is 9.00. The van der Waals surface area contributed by atoms with E-state index in [1.54, 1.807) is 6.20 Å². The fourth-order valence-electron chi connectivity index (χ4n) is 2.59. The number of halogens is 1. The van der Waals surface area contributed by atoms with E-state index in [1.807, 2.05) is 30.3 Å². The van der Waals surface area contributed by atoms with Crippen molar-refractivity contribution in [3.63, 3.8) is 0 Å². The monoisotopic (exact) mass is 424 g/mol. The Morgan fingerprint density at radius 2 is 1.87 bits per heavy atom. The molecule has 152 valence electrons. The van der Waals surface area contributed by atoms with Gasteiger partial charge in [-0.15, -0.1) is 0 Å². The number of amides is 1. The Morgan fingerprint density at radius 1 is 1.13 bits per heavy atom. The minimum absolute atomic E-state index is 0.0327. The number of nitriles is 1. The van der Waals surface area contributed by atoms with Gasteiger partial charge in [-0.05, 0) is 36.4 Å².